The number of rotatable bonds is 10. The van der Waals surface area contributed by atoms with Crippen molar-refractivity contribution < 1.29 is 14.3 Å². The number of ether oxygens (including phenoxy) is 2. The van der Waals surface area contributed by atoms with E-state index < -0.39 is 0 Å². The van der Waals surface area contributed by atoms with Gasteiger partial charge in [0.05, 0.1) is 13.7 Å². The van der Waals surface area contributed by atoms with Gasteiger partial charge in [0, 0.05) is 19.6 Å². The van der Waals surface area contributed by atoms with E-state index in [2.05, 4.69) is 29.4 Å². The molecule has 0 bridgehead atoms. The smallest absolute Gasteiger partial charge is 0.315 e. The number of methoxy groups -OCH3 is 1. The highest BCUT2D eigenvalue weighted by atomic mass is 16.5. The van der Waals surface area contributed by atoms with Crippen LogP contribution in [-0.2, 0) is 6.54 Å². The molecule has 1 aliphatic heterocycles. The molecule has 146 valence electrons. The third kappa shape index (κ3) is 6.75. The number of nitrogens with zero attached hydrogens (tertiary/aromatic N) is 1. The molecule has 0 saturated carbocycles. The van der Waals surface area contributed by atoms with E-state index in [1.165, 1.54) is 25.9 Å². The van der Waals surface area contributed by atoms with Crippen molar-refractivity contribution in [2.24, 2.45) is 5.92 Å². The van der Waals surface area contributed by atoms with Crippen LogP contribution in [0.3, 0.4) is 0 Å². The van der Waals surface area contributed by atoms with E-state index >= 15 is 0 Å². The molecular formula is C20H33N3O3. The second-order valence-electron chi connectivity index (χ2n) is 7.01. The molecule has 1 saturated heterocycles. The molecule has 0 aliphatic carbocycles. The second-order valence-corrected chi connectivity index (χ2v) is 7.01. The molecule has 1 fully saturated rings. The molecule has 26 heavy (non-hydrogen) atoms. The zero-order valence-electron chi connectivity index (χ0n) is 16.3. The normalized spacial score (nSPS) is 15.5. The Morgan fingerprint density at radius 1 is 1.23 bits per heavy atom. The molecular weight excluding hydrogens is 330 g/mol. The van der Waals surface area contributed by atoms with Crippen LogP contribution in [0.5, 0.6) is 11.5 Å². The van der Waals surface area contributed by atoms with Crippen LogP contribution in [0.2, 0.25) is 0 Å². The predicted molar refractivity (Wildman–Crippen MR) is 104 cm³/mol. The summed E-state index contributed by atoms with van der Waals surface area (Å²) in [5.41, 5.74) is 0.978. The molecule has 0 aromatic heterocycles. The zero-order valence-corrected chi connectivity index (χ0v) is 16.3. The Morgan fingerprint density at radius 2 is 2.00 bits per heavy atom. The van der Waals surface area contributed by atoms with Gasteiger partial charge in [-0.1, -0.05) is 19.9 Å². The molecule has 2 rings (SSSR count). The zero-order chi connectivity index (χ0) is 18.8. The highest BCUT2D eigenvalue weighted by Gasteiger charge is 2.15. The van der Waals surface area contributed by atoms with Gasteiger partial charge >= 0.3 is 6.03 Å². The number of hydrogen-bond donors (Lipinski definition) is 2. The molecule has 6 heteroatoms. The van der Waals surface area contributed by atoms with E-state index in [1.54, 1.807) is 7.11 Å². The van der Waals surface area contributed by atoms with Crippen molar-refractivity contribution in [1.29, 1.82) is 0 Å². The van der Waals surface area contributed by atoms with Gasteiger partial charge in [-0.2, -0.15) is 0 Å². The number of carbonyl (C=O) groups excluding carboxylic acids is 1. The SMILES string of the molecule is CCCOc1ccc(CNC(=O)NCC(C)CN2CCCC2)cc1OC. The van der Waals surface area contributed by atoms with Crippen molar-refractivity contribution in [3.05, 3.63) is 23.8 Å². The van der Waals surface area contributed by atoms with E-state index in [9.17, 15) is 4.79 Å². The molecule has 0 radical (unpaired) electrons. The summed E-state index contributed by atoms with van der Waals surface area (Å²) in [5, 5.41) is 5.86. The first-order valence-electron chi connectivity index (χ1n) is 9.66. The summed E-state index contributed by atoms with van der Waals surface area (Å²) in [7, 11) is 1.62. The molecule has 1 heterocycles. The lowest BCUT2D eigenvalue weighted by Crippen LogP contribution is -2.39. The van der Waals surface area contributed by atoms with E-state index in [0.717, 1.165) is 24.3 Å². The Bertz CT molecular complexity index is 559. The van der Waals surface area contributed by atoms with Gasteiger partial charge in [-0.3, -0.25) is 0 Å². The number of urea groups is 1. The van der Waals surface area contributed by atoms with Crippen LogP contribution in [0.25, 0.3) is 0 Å². The molecule has 1 unspecified atom stereocenters. The number of carbonyl (C=O) groups is 1. The minimum Gasteiger partial charge on any atom is -0.493 e. The lowest BCUT2D eigenvalue weighted by Gasteiger charge is -2.20. The molecule has 6 nitrogen and oxygen atoms in total. The fourth-order valence-electron chi connectivity index (χ4n) is 3.14. The van der Waals surface area contributed by atoms with Crippen molar-refractivity contribution in [2.75, 3.05) is 39.9 Å². The molecule has 1 aromatic rings. The number of amides is 2. The molecule has 1 aromatic carbocycles. The van der Waals surface area contributed by atoms with Gasteiger partial charge < -0.3 is 25.0 Å². The lowest BCUT2D eigenvalue weighted by atomic mass is 10.1. The quantitative estimate of drug-likeness (QED) is 0.671. The van der Waals surface area contributed by atoms with E-state index in [4.69, 9.17) is 9.47 Å². The van der Waals surface area contributed by atoms with Gasteiger partial charge in [-0.15, -0.1) is 0 Å². The molecule has 1 aliphatic rings. The van der Waals surface area contributed by atoms with E-state index in [0.29, 0.717) is 31.4 Å². The fraction of sp³-hybridized carbons (Fsp3) is 0.650. The Morgan fingerprint density at radius 3 is 2.69 bits per heavy atom. The maximum atomic E-state index is 12.0. The average Bonchev–Trinajstić information content (AvgIpc) is 3.16. The van der Waals surface area contributed by atoms with E-state index in [-0.39, 0.29) is 6.03 Å². The van der Waals surface area contributed by atoms with Gasteiger partial charge in [0.25, 0.3) is 0 Å². The summed E-state index contributed by atoms with van der Waals surface area (Å²) in [4.78, 5) is 14.5. The van der Waals surface area contributed by atoms with Crippen LogP contribution in [0, 0.1) is 5.92 Å². The third-order valence-electron chi connectivity index (χ3n) is 4.52. The maximum Gasteiger partial charge on any atom is 0.315 e. The van der Waals surface area contributed by atoms with Gasteiger partial charge in [0.2, 0.25) is 0 Å². The number of likely N-dealkylation sites (tertiary alicyclic amines) is 1. The highest BCUT2D eigenvalue weighted by molar-refractivity contribution is 5.73. The molecule has 0 spiro atoms. The number of nitrogens with one attached hydrogen (secondary N) is 2. The van der Waals surface area contributed by atoms with Gasteiger partial charge in [-0.25, -0.2) is 4.79 Å². The van der Waals surface area contributed by atoms with Crippen molar-refractivity contribution in [3.8, 4) is 11.5 Å². The summed E-state index contributed by atoms with van der Waals surface area (Å²) in [5.74, 6) is 1.88. The Balaban J connectivity index is 1.72. The van der Waals surface area contributed by atoms with Crippen molar-refractivity contribution in [3.63, 3.8) is 0 Å². The summed E-state index contributed by atoms with van der Waals surface area (Å²) in [6.45, 7) is 9.48. The van der Waals surface area contributed by atoms with Crippen LogP contribution < -0.4 is 20.1 Å². The van der Waals surface area contributed by atoms with Crippen LogP contribution >= 0.6 is 0 Å². The van der Waals surface area contributed by atoms with Gasteiger partial charge in [0.1, 0.15) is 0 Å². The van der Waals surface area contributed by atoms with Crippen LogP contribution in [0.1, 0.15) is 38.7 Å². The topological polar surface area (TPSA) is 62.8 Å². The standard InChI is InChI=1S/C20H33N3O3/c1-4-11-26-18-8-7-17(12-19(18)25-3)14-22-20(24)21-13-16(2)15-23-9-5-6-10-23/h7-8,12,16H,4-6,9-11,13-15H2,1-3H3,(H2,21,22,24). The summed E-state index contributed by atoms with van der Waals surface area (Å²) in [6, 6.07) is 5.61. The van der Waals surface area contributed by atoms with Gasteiger partial charge in [-0.05, 0) is 56.0 Å². The van der Waals surface area contributed by atoms with Crippen molar-refractivity contribution in [2.45, 2.75) is 39.7 Å². The Kier molecular flexibility index (Phi) is 8.54. The van der Waals surface area contributed by atoms with Gasteiger partial charge in [0.15, 0.2) is 11.5 Å². The first-order valence-corrected chi connectivity index (χ1v) is 9.66. The number of hydrogen-bond acceptors (Lipinski definition) is 4. The second kappa shape index (κ2) is 10.9. The molecule has 2 amide bonds. The Hall–Kier alpha value is -1.95. The summed E-state index contributed by atoms with van der Waals surface area (Å²) < 4.78 is 11.0. The first kappa shape index (κ1) is 20.4. The predicted octanol–water partition coefficient (Wildman–Crippen LogP) is 3.02. The van der Waals surface area contributed by atoms with Crippen molar-refractivity contribution in [1.82, 2.24) is 15.5 Å². The highest BCUT2D eigenvalue weighted by Crippen LogP contribution is 2.28. The number of benzene rings is 1. The average molecular weight is 364 g/mol. The Labute approximate surface area is 157 Å². The maximum absolute atomic E-state index is 12.0. The molecule has 2 N–H and O–H groups in total. The van der Waals surface area contributed by atoms with Crippen LogP contribution in [0.4, 0.5) is 4.79 Å². The van der Waals surface area contributed by atoms with Crippen LogP contribution in [-0.4, -0.2) is 50.8 Å². The summed E-state index contributed by atoms with van der Waals surface area (Å²) in [6.07, 6.45) is 3.54. The summed E-state index contributed by atoms with van der Waals surface area (Å²) >= 11 is 0. The van der Waals surface area contributed by atoms with E-state index in [1.807, 2.05) is 18.2 Å². The third-order valence-corrected chi connectivity index (χ3v) is 4.52. The minimum absolute atomic E-state index is 0.136. The first-order chi connectivity index (χ1) is 12.6. The minimum atomic E-state index is -0.136. The van der Waals surface area contributed by atoms with Crippen LogP contribution in [0.15, 0.2) is 18.2 Å². The molecule has 1 atom stereocenters. The largest absolute Gasteiger partial charge is 0.493 e. The monoisotopic (exact) mass is 363 g/mol. The fourth-order valence-corrected chi connectivity index (χ4v) is 3.14. The van der Waals surface area contributed by atoms with Crippen molar-refractivity contribution >= 4 is 6.03 Å². The lowest BCUT2D eigenvalue weighted by molar-refractivity contribution is 0.234.